The molecule has 9 heteroatoms. The Kier molecular flexibility index (Phi) is 6.45. The highest BCUT2D eigenvalue weighted by Crippen LogP contribution is 2.31. The number of primary amides is 1. The number of nitrogens with zero attached hydrogens (tertiary/aromatic N) is 2. The van der Waals surface area contributed by atoms with Gasteiger partial charge >= 0.3 is 6.03 Å². The topological polar surface area (TPSA) is 109 Å². The predicted molar refractivity (Wildman–Crippen MR) is 137 cm³/mol. The number of hydrogen-bond acceptors (Lipinski definition) is 5. The Hall–Kier alpha value is -4.50. The summed E-state index contributed by atoms with van der Waals surface area (Å²) in [6.07, 6.45) is 0.281. The summed E-state index contributed by atoms with van der Waals surface area (Å²) < 4.78 is 19.7. The van der Waals surface area contributed by atoms with Gasteiger partial charge in [0.05, 0.1) is 5.56 Å². The van der Waals surface area contributed by atoms with E-state index in [2.05, 4.69) is 10.2 Å². The van der Waals surface area contributed by atoms with Crippen molar-refractivity contribution in [3.05, 3.63) is 89.2 Å². The predicted octanol–water partition coefficient (Wildman–Crippen LogP) is 4.42. The van der Waals surface area contributed by atoms with Crippen LogP contribution in [0.3, 0.4) is 0 Å². The summed E-state index contributed by atoms with van der Waals surface area (Å²) >= 11 is 0. The van der Waals surface area contributed by atoms with Gasteiger partial charge in [0, 0.05) is 42.7 Å². The molecule has 37 heavy (non-hydrogen) atoms. The molecule has 4 amide bonds. The van der Waals surface area contributed by atoms with Crippen LogP contribution in [0.15, 0.2) is 71.1 Å². The highest BCUT2D eigenvalue weighted by molar-refractivity contribution is 6.06. The van der Waals surface area contributed by atoms with E-state index in [1.807, 2.05) is 55.6 Å². The third-order valence-corrected chi connectivity index (χ3v) is 6.27. The molecule has 0 spiro atoms. The molecule has 8 nitrogen and oxygen atoms in total. The number of urea groups is 1. The second-order valence-corrected chi connectivity index (χ2v) is 9.14. The molecule has 0 radical (unpaired) electrons. The molecule has 1 aliphatic heterocycles. The first kappa shape index (κ1) is 24.2. The Morgan fingerprint density at radius 1 is 1.05 bits per heavy atom. The maximum Gasteiger partial charge on any atom is 0.328 e. The van der Waals surface area contributed by atoms with E-state index in [0.29, 0.717) is 30.8 Å². The van der Waals surface area contributed by atoms with Crippen molar-refractivity contribution >= 4 is 34.5 Å². The van der Waals surface area contributed by atoms with Gasteiger partial charge in [0.2, 0.25) is 5.91 Å². The van der Waals surface area contributed by atoms with Gasteiger partial charge in [0.15, 0.2) is 0 Å². The molecule has 188 valence electrons. The van der Waals surface area contributed by atoms with Crippen LogP contribution in [0.5, 0.6) is 0 Å². The van der Waals surface area contributed by atoms with Crippen LogP contribution in [-0.4, -0.2) is 36.3 Å². The van der Waals surface area contributed by atoms with Crippen molar-refractivity contribution < 1.29 is 23.2 Å². The number of halogens is 1. The standard InChI is InChI=1S/C28H25FN4O4/c1-32(16-18-3-2-4-22(11-18)33-10-9-25(34)31-28(33)36)15-17-5-7-19(8-6-17)24-13-20-12-21(29)14-23(27(30)35)26(20)37-24/h2-8,11-14H,9-10,15-16H2,1H3,(H2,30,35)(H,31,34,36). The number of amides is 4. The highest BCUT2D eigenvalue weighted by atomic mass is 19.1. The molecule has 1 fully saturated rings. The van der Waals surface area contributed by atoms with Gasteiger partial charge in [-0.05, 0) is 48.5 Å². The van der Waals surface area contributed by atoms with Crippen LogP contribution in [0.4, 0.5) is 14.9 Å². The fourth-order valence-corrected chi connectivity index (χ4v) is 4.53. The summed E-state index contributed by atoms with van der Waals surface area (Å²) in [5.74, 6) is -1.04. The van der Waals surface area contributed by atoms with Gasteiger partial charge in [-0.1, -0.05) is 36.4 Å². The second-order valence-electron chi connectivity index (χ2n) is 9.14. The molecule has 5 rings (SSSR count). The fraction of sp³-hybridized carbons (Fsp3) is 0.179. The third kappa shape index (κ3) is 5.22. The Balaban J connectivity index is 1.26. The number of imide groups is 1. The zero-order valence-corrected chi connectivity index (χ0v) is 20.2. The summed E-state index contributed by atoms with van der Waals surface area (Å²) in [7, 11) is 2.01. The monoisotopic (exact) mass is 500 g/mol. The van der Waals surface area contributed by atoms with Gasteiger partial charge in [-0.3, -0.25) is 24.7 Å². The van der Waals surface area contributed by atoms with Crippen LogP contribution in [0.1, 0.15) is 27.9 Å². The van der Waals surface area contributed by atoms with E-state index >= 15 is 0 Å². The van der Waals surface area contributed by atoms with E-state index in [-0.39, 0.29) is 23.5 Å². The lowest BCUT2D eigenvalue weighted by atomic mass is 10.1. The van der Waals surface area contributed by atoms with Gasteiger partial charge in [0.25, 0.3) is 5.91 Å². The average Bonchev–Trinajstić information content (AvgIpc) is 3.28. The number of hydrogen-bond donors (Lipinski definition) is 2. The first-order valence-corrected chi connectivity index (χ1v) is 11.8. The molecular weight excluding hydrogens is 475 g/mol. The van der Waals surface area contributed by atoms with E-state index in [0.717, 1.165) is 28.4 Å². The lowest BCUT2D eigenvalue weighted by Crippen LogP contribution is -2.49. The highest BCUT2D eigenvalue weighted by Gasteiger charge is 2.24. The second kappa shape index (κ2) is 9.87. The number of carbonyl (C=O) groups excluding carboxylic acids is 3. The van der Waals surface area contributed by atoms with E-state index in [1.165, 1.54) is 6.07 Å². The van der Waals surface area contributed by atoms with Crippen molar-refractivity contribution in [3.63, 3.8) is 0 Å². The first-order valence-electron chi connectivity index (χ1n) is 11.8. The molecule has 1 aliphatic rings. The average molecular weight is 501 g/mol. The van der Waals surface area contributed by atoms with E-state index in [4.69, 9.17) is 10.2 Å². The lowest BCUT2D eigenvalue weighted by molar-refractivity contribution is -0.120. The molecule has 0 atom stereocenters. The SMILES string of the molecule is CN(Cc1ccc(-c2cc3cc(F)cc(C(N)=O)c3o2)cc1)Cc1cccc(N2CCC(=O)NC2=O)c1. The minimum Gasteiger partial charge on any atom is -0.455 e. The van der Waals surface area contributed by atoms with Crippen LogP contribution in [0.25, 0.3) is 22.3 Å². The molecule has 0 saturated carbocycles. The Bertz CT molecular complexity index is 1510. The third-order valence-electron chi connectivity index (χ3n) is 6.27. The molecule has 3 aromatic carbocycles. The van der Waals surface area contributed by atoms with Crippen molar-refractivity contribution in [3.8, 4) is 11.3 Å². The van der Waals surface area contributed by atoms with Crippen molar-refractivity contribution in [1.82, 2.24) is 10.2 Å². The molecule has 4 aromatic rings. The first-order chi connectivity index (χ1) is 17.8. The van der Waals surface area contributed by atoms with Crippen LogP contribution in [-0.2, 0) is 17.9 Å². The largest absolute Gasteiger partial charge is 0.455 e. The van der Waals surface area contributed by atoms with Crippen LogP contribution in [0, 0.1) is 5.82 Å². The molecular formula is C28H25FN4O4. The molecule has 0 bridgehead atoms. The molecule has 1 saturated heterocycles. The Morgan fingerprint density at radius 2 is 1.81 bits per heavy atom. The number of anilines is 1. The minimum absolute atomic E-state index is 0.0120. The summed E-state index contributed by atoms with van der Waals surface area (Å²) in [6.45, 7) is 1.70. The van der Waals surface area contributed by atoms with Gasteiger partial charge in [-0.25, -0.2) is 9.18 Å². The smallest absolute Gasteiger partial charge is 0.328 e. The Morgan fingerprint density at radius 3 is 2.54 bits per heavy atom. The summed E-state index contributed by atoms with van der Waals surface area (Å²) in [4.78, 5) is 39.0. The molecule has 0 unspecified atom stereocenters. The van der Waals surface area contributed by atoms with Crippen molar-refractivity contribution in [2.45, 2.75) is 19.5 Å². The van der Waals surface area contributed by atoms with E-state index in [1.54, 1.807) is 11.0 Å². The van der Waals surface area contributed by atoms with Crippen LogP contribution >= 0.6 is 0 Å². The number of rotatable bonds is 7. The fourth-order valence-electron chi connectivity index (χ4n) is 4.53. The van der Waals surface area contributed by atoms with Crippen LogP contribution < -0.4 is 16.0 Å². The quantitative estimate of drug-likeness (QED) is 0.391. The molecule has 1 aromatic heterocycles. The van der Waals surface area contributed by atoms with Gasteiger partial charge in [-0.15, -0.1) is 0 Å². The summed E-state index contributed by atoms with van der Waals surface area (Å²) in [5.41, 5.74) is 9.33. The number of nitrogens with two attached hydrogens (primary N) is 1. The minimum atomic E-state index is -0.747. The number of benzene rings is 3. The number of carbonyl (C=O) groups is 3. The lowest BCUT2D eigenvalue weighted by Gasteiger charge is -2.27. The van der Waals surface area contributed by atoms with Gasteiger partial charge < -0.3 is 10.2 Å². The summed E-state index contributed by atoms with van der Waals surface area (Å²) in [6, 6.07) is 19.2. The van der Waals surface area contributed by atoms with Crippen molar-refractivity contribution in [2.24, 2.45) is 5.73 Å². The van der Waals surface area contributed by atoms with E-state index in [9.17, 15) is 18.8 Å². The zero-order valence-electron chi connectivity index (χ0n) is 20.2. The maximum absolute atomic E-state index is 13.9. The normalized spacial score (nSPS) is 13.9. The maximum atomic E-state index is 13.9. The van der Waals surface area contributed by atoms with Crippen molar-refractivity contribution in [1.29, 1.82) is 0 Å². The number of furan rings is 1. The summed E-state index contributed by atoms with van der Waals surface area (Å²) in [5, 5.41) is 2.82. The molecule has 3 N–H and O–H groups in total. The number of nitrogens with one attached hydrogen (secondary N) is 1. The van der Waals surface area contributed by atoms with Gasteiger partial charge in [-0.2, -0.15) is 0 Å². The molecule has 0 aliphatic carbocycles. The zero-order chi connectivity index (χ0) is 26.1. The van der Waals surface area contributed by atoms with Crippen LogP contribution in [0.2, 0.25) is 0 Å². The van der Waals surface area contributed by atoms with Crippen molar-refractivity contribution in [2.75, 3.05) is 18.5 Å². The Labute approximate surface area is 212 Å². The van der Waals surface area contributed by atoms with Gasteiger partial charge in [0.1, 0.15) is 17.2 Å². The molecule has 2 heterocycles. The van der Waals surface area contributed by atoms with E-state index < -0.39 is 17.8 Å². The number of fused-ring (bicyclic) bond motifs is 1.